The van der Waals surface area contributed by atoms with Crippen molar-refractivity contribution in [1.82, 2.24) is 9.88 Å². The van der Waals surface area contributed by atoms with Gasteiger partial charge in [-0.2, -0.15) is 0 Å². The summed E-state index contributed by atoms with van der Waals surface area (Å²) in [4.78, 5) is 32.8. The highest BCUT2D eigenvalue weighted by molar-refractivity contribution is 9.10. The van der Waals surface area contributed by atoms with Crippen molar-refractivity contribution < 1.29 is 14.3 Å². The molecule has 0 amide bonds. The van der Waals surface area contributed by atoms with Crippen LogP contribution in [0.5, 0.6) is 0 Å². The Balaban J connectivity index is 1.65. The van der Waals surface area contributed by atoms with Gasteiger partial charge in [0.2, 0.25) is 0 Å². The maximum absolute atomic E-state index is 13.2. The first-order chi connectivity index (χ1) is 14.4. The third-order valence-corrected chi connectivity index (χ3v) is 6.04. The second-order valence-electron chi connectivity index (χ2n) is 7.75. The molecule has 0 saturated heterocycles. The van der Waals surface area contributed by atoms with Crippen molar-refractivity contribution in [2.75, 3.05) is 13.2 Å². The fraction of sp³-hybridized carbons (Fsp3) is 0.292. The molecule has 0 bridgehead atoms. The lowest BCUT2D eigenvalue weighted by atomic mass is 9.95. The predicted octanol–water partition coefficient (Wildman–Crippen LogP) is 4.80. The third-order valence-electron chi connectivity index (χ3n) is 5.51. The first kappa shape index (κ1) is 20.7. The number of halogens is 1. The topological polar surface area (TPSA) is 59.5 Å². The average molecular weight is 467 g/mol. The second-order valence-corrected chi connectivity index (χ2v) is 8.67. The maximum atomic E-state index is 13.2. The Morgan fingerprint density at radius 1 is 1.13 bits per heavy atom. The molecule has 5 nitrogen and oxygen atoms in total. The zero-order chi connectivity index (χ0) is 21.3. The number of esters is 1. The SMILES string of the molecule is CC(C)N1CCc2nc3ccccc3c(C(=O)OCC(=O)c3ccc(Br)cc3)c2C1. The molecule has 1 aromatic heterocycles. The zero-order valence-corrected chi connectivity index (χ0v) is 18.6. The van der Waals surface area contributed by atoms with E-state index in [1.807, 2.05) is 24.3 Å². The lowest BCUT2D eigenvalue weighted by molar-refractivity contribution is 0.0473. The van der Waals surface area contributed by atoms with Crippen molar-refractivity contribution in [3.05, 3.63) is 75.4 Å². The summed E-state index contributed by atoms with van der Waals surface area (Å²) in [7, 11) is 0. The molecule has 2 aromatic carbocycles. The van der Waals surface area contributed by atoms with E-state index in [1.54, 1.807) is 24.3 Å². The summed E-state index contributed by atoms with van der Waals surface area (Å²) in [6.45, 7) is 5.56. The van der Waals surface area contributed by atoms with Crippen LogP contribution in [0, 0.1) is 0 Å². The monoisotopic (exact) mass is 466 g/mol. The van der Waals surface area contributed by atoms with Gasteiger partial charge in [-0.05, 0) is 32.0 Å². The number of carbonyl (C=O) groups excluding carboxylic acids is 2. The number of Topliss-reactive ketones (excluding diaryl/α,β-unsaturated/α-hetero) is 1. The minimum Gasteiger partial charge on any atom is -0.454 e. The summed E-state index contributed by atoms with van der Waals surface area (Å²) in [5.74, 6) is -0.701. The molecule has 0 unspecified atom stereocenters. The molecule has 0 atom stereocenters. The Bertz CT molecular complexity index is 1110. The largest absolute Gasteiger partial charge is 0.454 e. The lowest BCUT2D eigenvalue weighted by Crippen LogP contribution is -2.37. The highest BCUT2D eigenvalue weighted by atomic mass is 79.9. The molecule has 154 valence electrons. The fourth-order valence-corrected chi connectivity index (χ4v) is 4.07. The summed E-state index contributed by atoms with van der Waals surface area (Å²) in [5.41, 5.74) is 3.68. The molecule has 4 rings (SSSR count). The number of nitrogens with zero attached hydrogens (tertiary/aromatic N) is 2. The number of fused-ring (bicyclic) bond motifs is 2. The standard InChI is InChI=1S/C24H23BrN2O3/c1-15(2)27-12-11-21-19(13-27)23(18-5-3-4-6-20(18)26-21)24(29)30-14-22(28)16-7-9-17(25)10-8-16/h3-10,15H,11-14H2,1-2H3. The Labute approximate surface area is 184 Å². The molecular weight excluding hydrogens is 444 g/mol. The number of hydrogen-bond donors (Lipinski definition) is 0. The number of rotatable bonds is 5. The molecular formula is C24H23BrN2O3. The Morgan fingerprint density at radius 3 is 2.60 bits per heavy atom. The van der Waals surface area contributed by atoms with Crippen molar-refractivity contribution in [1.29, 1.82) is 0 Å². The summed E-state index contributed by atoms with van der Waals surface area (Å²) in [6.07, 6.45) is 0.788. The molecule has 0 fully saturated rings. The van der Waals surface area contributed by atoms with Crippen LogP contribution in [0.15, 0.2) is 53.0 Å². The van der Waals surface area contributed by atoms with Crippen LogP contribution in [0.25, 0.3) is 10.9 Å². The second kappa shape index (κ2) is 8.66. The summed E-state index contributed by atoms with van der Waals surface area (Å²) < 4.78 is 6.39. The van der Waals surface area contributed by atoms with Crippen molar-refractivity contribution >= 4 is 38.6 Å². The first-order valence-corrected chi connectivity index (χ1v) is 10.8. The summed E-state index contributed by atoms with van der Waals surface area (Å²) in [5, 5.41) is 0.767. The van der Waals surface area contributed by atoms with Gasteiger partial charge in [0, 0.05) is 52.2 Å². The summed E-state index contributed by atoms with van der Waals surface area (Å²) in [6, 6.07) is 15.0. The predicted molar refractivity (Wildman–Crippen MR) is 120 cm³/mol. The number of aromatic nitrogens is 1. The fourth-order valence-electron chi connectivity index (χ4n) is 3.81. The molecule has 6 heteroatoms. The Hall–Kier alpha value is -2.57. The van der Waals surface area contributed by atoms with E-state index in [0.717, 1.165) is 39.6 Å². The molecule has 0 spiro atoms. The van der Waals surface area contributed by atoms with Crippen molar-refractivity contribution in [3.8, 4) is 0 Å². The number of carbonyl (C=O) groups is 2. The van der Waals surface area contributed by atoms with Crippen LogP contribution in [0.1, 0.15) is 45.8 Å². The molecule has 1 aliphatic heterocycles. The molecule has 3 aromatic rings. The van der Waals surface area contributed by atoms with Crippen LogP contribution in [-0.4, -0.2) is 40.8 Å². The van der Waals surface area contributed by atoms with E-state index >= 15 is 0 Å². The maximum Gasteiger partial charge on any atom is 0.339 e. The van der Waals surface area contributed by atoms with E-state index in [-0.39, 0.29) is 12.4 Å². The molecule has 0 saturated carbocycles. The smallest absolute Gasteiger partial charge is 0.339 e. The van der Waals surface area contributed by atoms with Crippen molar-refractivity contribution in [2.24, 2.45) is 0 Å². The minimum absolute atomic E-state index is 0.230. The van der Waals surface area contributed by atoms with Gasteiger partial charge in [0.25, 0.3) is 0 Å². The van der Waals surface area contributed by atoms with Crippen LogP contribution < -0.4 is 0 Å². The van der Waals surface area contributed by atoms with Crippen LogP contribution in [0.3, 0.4) is 0 Å². The molecule has 0 N–H and O–H groups in total. The van der Waals surface area contributed by atoms with Gasteiger partial charge >= 0.3 is 5.97 Å². The van der Waals surface area contributed by atoms with Gasteiger partial charge in [0.1, 0.15) is 0 Å². The van der Waals surface area contributed by atoms with E-state index in [0.29, 0.717) is 23.7 Å². The van der Waals surface area contributed by atoms with E-state index in [4.69, 9.17) is 9.72 Å². The first-order valence-electron chi connectivity index (χ1n) is 10.0. The zero-order valence-electron chi connectivity index (χ0n) is 17.0. The molecule has 0 radical (unpaired) electrons. The summed E-state index contributed by atoms with van der Waals surface area (Å²) >= 11 is 3.35. The lowest BCUT2D eigenvalue weighted by Gasteiger charge is -2.32. The number of pyridine rings is 1. The van der Waals surface area contributed by atoms with Gasteiger partial charge < -0.3 is 4.74 Å². The van der Waals surface area contributed by atoms with Crippen LogP contribution in [-0.2, 0) is 17.7 Å². The van der Waals surface area contributed by atoms with Crippen LogP contribution >= 0.6 is 15.9 Å². The number of para-hydroxylation sites is 1. The van der Waals surface area contributed by atoms with Crippen LogP contribution in [0.2, 0.25) is 0 Å². The van der Waals surface area contributed by atoms with E-state index in [1.165, 1.54) is 0 Å². The number of ketones is 1. The third kappa shape index (κ3) is 4.16. The normalized spacial score (nSPS) is 14.0. The highest BCUT2D eigenvalue weighted by Gasteiger charge is 2.27. The van der Waals surface area contributed by atoms with Gasteiger partial charge in [0.05, 0.1) is 11.1 Å². The molecule has 0 aliphatic carbocycles. The highest BCUT2D eigenvalue weighted by Crippen LogP contribution is 2.29. The van der Waals surface area contributed by atoms with E-state index < -0.39 is 5.97 Å². The van der Waals surface area contributed by atoms with Crippen molar-refractivity contribution in [3.63, 3.8) is 0 Å². The average Bonchev–Trinajstić information content (AvgIpc) is 2.75. The van der Waals surface area contributed by atoms with Gasteiger partial charge in [-0.1, -0.05) is 46.3 Å². The quantitative estimate of drug-likeness (QED) is 0.399. The number of benzene rings is 2. The number of hydrogen-bond acceptors (Lipinski definition) is 5. The molecule has 1 aliphatic rings. The van der Waals surface area contributed by atoms with Gasteiger partial charge in [-0.3, -0.25) is 14.7 Å². The van der Waals surface area contributed by atoms with Crippen molar-refractivity contribution in [2.45, 2.75) is 32.9 Å². The molecule has 30 heavy (non-hydrogen) atoms. The van der Waals surface area contributed by atoms with E-state index in [9.17, 15) is 9.59 Å². The van der Waals surface area contributed by atoms with Crippen LogP contribution in [0.4, 0.5) is 0 Å². The van der Waals surface area contributed by atoms with E-state index in [2.05, 4.69) is 34.7 Å². The molecule has 2 heterocycles. The Kier molecular flexibility index (Phi) is 5.97. The Morgan fingerprint density at radius 2 is 1.87 bits per heavy atom. The number of ether oxygens (including phenoxy) is 1. The van der Waals surface area contributed by atoms with Gasteiger partial charge in [-0.15, -0.1) is 0 Å². The van der Waals surface area contributed by atoms with Gasteiger partial charge in [-0.25, -0.2) is 4.79 Å². The minimum atomic E-state index is -0.471. The van der Waals surface area contributed by atoms with Gasteiger partial charge in [0.15, 0.2) is 12.4 Å².